The average Bonchev–Trinajstić information content (AvgIpc) is 3.04. The first kappa shape index (κ1) is 25.2. The van der Waals surface area contributed by atoms with Gasteiger partial charge in [0.05, 0.1) is 0 Å². The van der Waals surface area contributed by atoms with Crippen molar-refractivity contribution in [2.24, 2.45) is 0 Å². The molecular weight excluding hydrogens is 574 g/mol. The van der Waals surface area contributed by atoms with Crippen LogP contribution in [0.4, 0.5) is 0 Å². The Hall–Kier alpha value is -0.471. The van der Waals surface area contributed by atoms with Gasteiger partial charge in [-0.3, -0.25) is 0 Å². The van der Waals surface area contributed by atoms with E-state index >= 15 is 0 Å². The molecular formula is C20H25BrClN2O5PSe. The van der Waals surface area contributed by atoms with Crippen molar-refractivity contribution in [1.29, 1.82) is 0 Å². The van der Waals surface area contributed by atoms with Crippen molar-refractivity contribution in [1.82, 2.24) is 10.2 Å². The van der Waals surface area contributed by atoms with Crippen LogP contribution >= 0.6 is 35.9 Å². The number of rotatable bonds is 7. The van der Waals surface area contributed by atoms with E-state index in [4.69, 9.17) is 13.5 Å². The second-order valence-corrected chi connectivity index (χ2v) is 12.1. The number of fused-ring (bicyclic) bond motifs is 3. The minimum atomic E-state index is -3.72. The van der Waals surface area contributed by atoms with Crippen molar-refractivity contribution in [2.45, 2.75) is 20.4 Å². The van der Waals surface area contributed by atoms with Crippen molar-refractivity contribution in [2.75, 3.05) is 39.4 Å². The van der Waals surface area contributed by atoms with E-state index in [0.29, 0.717) is 5.58 Å². The van der Waals surface area contributed by atoms with Gasteiger partial charge in [-0.1, -0.05) is 0 Å². The zero-order chi connectivity index (χ0) is 21.3. The van der Waals surface area contributed by atoms with Gasteiger partial charge in [-0.2, -0.15) is 0 Å². The molecule has 1 aromatic carbocycles. The summed E-state index contributed by atoms with van der Waals surface area (Å²) in [5.74, 6) is 0. The monoisotopic (exact) mass is 598 g/mol. The maximum Gasteiger partial charge on any atom is -0.147 e. The molecule has 11 heteroatoms. The predicted octanol–water partition coefficient (Wildman–Crippen LogP) is 3.48. The molecule has 1 aliphatic rings. The zero-order valence-corrected chi connectivity index (χ0v) is 22.3. The summed E-state index contributed by atoms with van der Waals surface area (Å²) in [5, 5.41) is 5.13. The van der Waals surface area contributed by atoms with Crippen LogP contribution in [0.1, 0.15) is 18.3 Å². The number of nitrogens with one attached hydrogen (secondary N) is 1. The topological polar surface area (TPSA) is 81.0 Å². The number of piperazine rings is 1. The molecule has 3 aromatic rings. The molecule has 0 bridgehead atoms. The average molecular weight is 599 g/mol. The number of hydrogen-bond donors (Lipinski definition) is 1. The van der Waals surface area contributed by atoms with E-state index in [1.807, 2.05) is 12.1 Å². The Morgan fingerprint density at radius 3 is 2.55 bits per heavy atom. The van der Waals surface area contributed by atoms with Gasteiger partial charge in [-0.25, -0.2) is 0 Å². The molecule has 7 nitrogen and oxygen atoms in total. The first-order valence-electron chi connectivity index (χ1n) is 9.97. The van der Waals surface area contributed by atoms with E-state index in [-0.39, 0.29) is 45.4 Å². The van der Waals surface area contributed by atoms with Crippen LogP contribution in [0.3, 0.4) is 0 Å². The molecule has 170 valence electrons. The minimum Gasteiger partial charge on any atom is -0.147 e. The summed E-state index contributed by atoms with van der Waals surface area (Å²) in [7, 11) is -3.72. The second kappa shape index (κ2) is 10.6. The molecule has 3 heterocycles. The van der Waals surface area contributed by atoms with Gasteiger partial charge >= 0.3 is 190 Å². The van der Waals surface area contributed by atoms with E-state index in [1.54, 1.807) is 19.9 Å². The minimum absolute atomic E-state index is 0. The molecule has 0 radical (unpaired) electrons. The van der Waals surface area contributed by atoms with Crippen molar-refractivity contribution in [3.8, 4) is 0 Å². The summed E-state index contributed by atoms with van der Waals surface area (Å²) in [4.78, 5) is 15.2. The van der Waals surface area contributed by atoms with Crippen LogP contribution in [-0.2, 0) is 20.2 Å². The van der Waals surface area contributed by atoms with Crippen LogP contribution < -0.4 is 16.2 Å². The van der Waals surface area contributed by atoms with Gasteiger partial charge in [0.15, 0.2) is 0 Å². The van der Waals surface area contributed by atoms with Crippen LogP contribution in [0.15, 0.2) is 31.9 Å². The fraction of sp³-hybridized carbons (Fsp3) is 0.450. The van der Waals surface area contributed by atoms with Gasteiger partial charge in [0.1, 0.15) is 0 Å². The van der Waals surface area contributed by atoms with Gasteiger partial charge in [-0.05, 0) is 0 Å². The van der Waals surface area contributed by atoms with Gasteiger partial charge in [0.25, 0.3) is 0 Å². The fourth-order valence-corrected chi connectivity index (χ4v) is 8.96. The third kappa shape index (κ3) is 5.06. The van der Waals surface area contributed by atoms with E-state index in [1.165, 1.54) is 4.44 Å². The van der Waals surface area contributed by atoms with E-state index in [2.05, 4.69) is 26.1 Å². The zero-order valence-electron chi connectivity index (χ0n) is 17.3. The molecule has 2 aromatic heterocycles. The predicted molar refractivity (Wildman–Crippen MR) is 131 cm³/mol. The van der Waals surface area contributed by atoms with Gasteiger partial charge in [0.2, 0.25) is 0 Å². The molecule has 0 saturated carbocycles. The SMILES string of the molecule is CCOP(=O)(OCC)c1cc2ccc3c(Br)c(CN4CCNCC4)[se]c3c2oc1=O.Cl. The van der Waals surface area contributed by atoms with Crippen LogP contribution in [0, 0.1) is 0 Å². The molecule has 1 N–H and O–H groups in total. The summed E-state index contributed by atoms with van der Waals surface area (Å²) < 4.78 is 33.0. The molecule has 31 heavy (non-hydrogen) atoms. The van der Waals surface area contributed by atoms with Crippen molar-refractivity contribution in [3.05, 3.63) is 37.5 Å². The summed E-state index contributed by atoms with van der Waals surface area (Å²) in [6.45, 7) is 8.75. The third-order valence-electron chi connectivity index (χ3n) is 5.02. The van der Waals surface area contributed by atoms with E-state index in [9.17, 15) is 9.36 Å². The Kier molecular flexibility index (Phi) is 8.63. The van der Waals surface area contributed by atoms with E-state index in [0.717, 1.165) is 52.2 Å². The molecule has 0 spiro atoms. The summed E-state index contributed by atoms with van der Waals surface area (Å²) in [6, 6.07) is 5.53. The first-order chi connectivity index (χ1) is 14.5. The molecule has 0 aliphatic carbocycles. The molecule has 1 aliphatic heterocycles. The summed E-state index contributed by atoms with van der Waals surface area (Å²) in [6.07, 6.45) is 0. The van der Waals surface area contributed by atoms with Crippen LogP contribution in [0.2, 0.25) is 0 Å². The number of benzene rings is 1. The summed E-state index contributed by atoms with van der Waals surface area (Å²) in [5.41, 5.74) is -0.100. The Morgan fingerprint density at radius 1 is 1.23 bits per heavy atom. The maximum absolute atomic E-state index is 13.1. The Morgan fingerprint density at radius 2 is 1.90 bits per heavy atom. The van der Waals surface area contributed by atoms with Gasteiger partial charge in [-0.15, -0.1) is 12.4 Å². The molecule has 1 fully saturated rings. The maximum atomic E-state index is 13.1. The Balaban J connectivity index is 0.00000272. The number of nitrogens with zero attached hydrogens (tertiary/aromatic N) is 1. The van der Waals surface area contributed by atoms with Crippen LogP contribution in [0.5, 0.6) is 0 Å². The van der Waals surface area contributed by atoms with Gasteiger partial charge in [0, 0.05) is 0 Å². The molecule has 0 amide bonds. The molecule has 0 unspecified atom stereocenters. The largest absolute Gasteiger partial charge is 0.147 e. The number of hydrogen-bond acceptors (Lipinski definition) is 7. The second-order valence-electron chi connectivity index (χ2n) is 6.98. The Labute approximate surface area is 201 Å². The fourth-order valence-electron chi connectivity index (χ4n) is 3.62. The molecule has 1 saturated heterocycles. The molecule has 4 rings (SSSR count). The van der Waals surface area contributed by atoms with Crippen molar-refractivity contribution < 1.29 is 18.0 Å². The van der Waals surface area contributed by atoms with Crippen LogP contribution in [0.25, 0.3) is 20.6 Å². The quantitative estimate of drug-likeness (QED) is 0.254. The smallest absolute Gasteiger partial charge is 0.147 e. The normalized spacial score (nSPS) is 15.5. The third-order valence-corrected chi connectivity index (χ3v) is 11.1. The summed E-state index contributed by atoms with van der Waals surface area (Å²) >= 11 is 3.81. The Bertz CT molecular complexity index is 1170. The van der Waals surface area contributed by atoms with Crippen LogP contribution in [-0.4, -0.2) is 58.8 Å². The molecule has 0 atom stereocenters. The van der Waals surface area contributed by atoms with Gasteiger partial charge < -0.3 is 0 Å². The standard InChI is InChI=1S/C20H24BrN2O5PSe.ClH/c1-3-26-29(25,27-4-2)15-11-13-5-6-14-17(21)16(12-23-9-7-22-8-10-23)30-19(14)18(13)28-20(15)24;/h5-6,11,22H,3-4,7-10,12H2,1-2H3;1H. The first-order valence-corrected chi connectivity index (χ1v) is 14.0. The van der Waals surface area contributed by atoms with Crippen molar-refractivity contribution in [3.63, 3.8) is 0 Å². The van der Waals surface area contributed by atoms with E-state index < -0.39 is 13.2 Å². The number of halogens is 2. The van der Waals surface area contributed by atoms with Crippen molar-refractivity contribution >= 4 is 76.4 Å².